The first kappa shape index (κ1) is 11.6. The number of aromatic nitrogens is 1. The summed E-state index contributed by atoms with van der Waals surface area (Å²) in [6.07, 6.45) is 3.78. The molecule has 2 heterocycles. The highest BCUT2D eigenvalue weighted by Gasteiger charge is 2.30. The van der Waals surface area contributed by atoms with Gasteiger partial charge in [-0.05, 0) is 29.8 Å². The highest BCUT2D eigenvalue weighted by Crippen LogP contribution is 2.26. The average molecular weight is 256 g/mol. The molecule has 98 valence electrons. The molecular formula is C14H16N4O. The maximum Gasteiger partial charge on any atom is 0.322 e. The Kier molecular flexibility index (Phi) is 2.87. The third-order valence-corrected chi connectivity index (χ3v) is 3.38. The Labute approximate surface area is 111 Å². The molecule has 1 fully saturated rings. The van der Waals surface area contributed by atoms with E-state index in [0.717, 1.165) is 16.9 Å². The molecule has 3 N–H and O–H groups in total. The fraction of sp³-hybridized carbons (Fsp3) is 0.214. The van der Waals surface area contributed by atoms with Crippen molar-refractivity contribution >= 4 is 17.4 Å². The van der Waals surface area contributed by atoms with Crippen LogP contribution in [0.2, 0.25) is 0 Å². The van der Waals surface area contributed by atoms with Gasteiger partial charge in [0.1, 0.15) is 0 Å². The molecule has 2 amide bonds. The zero-order chi connectivity index (χ0) is 13.2. The van der Waals surface area contributed by atoms with Gasteiger partial charge in [0.2, 0.25) is 0 Å². The minimum absolute atomic E-state index is 0.0389. The van der Waals surface area contributed by atoms with Gasteiger partial charge in [-0.3, -0.25) is 4.90 Å². The Balaban J connectivity index is 1.84. The number of H-pyrrole nitrogens is 1. The summed E-state index contributed by atoms with van der Waals surface area (Å²) in [7, 11) is 1.87. The summed E-state index contributed by atoms with van der Waals surface area (Å²) < 4.78 is 0. The molecule has 1 aliphatic rings. The molecule has 19 heavy (non-hydrogen) atoms. The van der Waals surface area contributed by atoms with E-state index in [1.165, 1.54) is 0 Å². The van der Waals surface area contributed by atoms with Crippen molar-refractivity contribution in [3.05, 3.63) is 48.3 Å². The van der Waals surface area contributed by atoms with E-state index < -0.39 is 0 Å². The third-order valence-electron chi connectivity index (χ3n) is 3.38. The van der Waals surface area contributed by atoms with Crippen LogP contribution in [0.1, 0.15) is 11.6 Å². The number of aromatic amines is 1. The van der Waals surface area contributed by atoms with Gasteiger partial charge >= 0.3 is 6.03 Å². The maximum atomic E-state index is 12.1. The van der Waals surface area contributed by atoms with Crippen molar-refractivity contribution in [3.8, 4) is 0 Å². The summed E-state index contributed by atoms with van der Waals surface area (Å²) in [5.41, 5.74) is 3.00. The fourth-order valence-electron chi connectivity index (χ4n) is 2.33. The van der Waals surface area contributed by atoms with Crippen molar-refractivity contribution in [2.45, 2.75) is 6.04 Å². The minimum Gasteiger partial charge on any atom is -0.388 e. The molecule has 0 aliphatic carbocycles. The van der Waals surface area contributed by atoms with E-state index in [0.29, 0.717) is 6.54 Å². The molecule has 1 saturated heterocycles. The number of amides is 2. The van der Waals surface area contributed by atoms with Gasteiger partial charge in [0.15, 0.2) is 0 Å². The Bertz CT molecular complexity index is 579. The van der Waals surface area contributed by atoms with E-state index >= 15 is 0 Å². The summed E-state index contributed by atoms with van der Waals surface area (Å²) in [6, 6.07) is 9.80. The normalized spacial score (nSPS) is 18.5. The van der Waals surface area contributed by atoms with Gasteiger partial charge in [-0.1, -0.05) is 6.07 Å². The van der Waals surface area contributed by atoms with Gasteiger partial charge in [-0.25, -0.2) is 4.79 Å². The Morgan fingerprint density at radius 1 is 1.37 bits per heavy atom. The first-order chi connectivity index (χ1) is 9.28. The minimum atomic E-state index is -0.0561. The van der Waals surface area contributed by atoms with Gasteiger partial charge in [0, 0.05) is 30.8 Å². The van der Waals surface area contributed by atoms with Gasteiger partial charge in [-0.15, -0.1) is 0 Å². The van der Waals surface area contributed by atoms with Crippen LogP contribution in [0.4, 0.5) is 16.2 Å². The van der Waals surface area contributed by atoms with E-state index in [1.807, 2.05) is 49.8 Å². The topological polar surface area (TPSA) is 60.2 Å². The smallest absolute Gasteiger partial charge is 0.322 e. The molecular weight excluding hydrogens is 240 g/mol. The monoisotopic (exact) mass is 256 g/mol. The molecule has 0 spiro atoms. The zero-order valence-corrected chi connectivity index (χ0v) is 10.7. The van der Waals surface area contributed by atoms with Crippen LogP contribution in [0.5, 0.6) is 0 Å². The van der Waals surface area contributed by atoms with Crippen LogP contribution in [0.15, 0.2) is 42.7 Å². The molecule has 1 aromatic heterocycles. The number of nitrogens with zero attached hydrogens (tertiary/aromatic N) is 1. The zero-order valence-electron chi connectivity index (χ0n) is 10.7. The highest BCUT2D eigenvalue weighted by atomic mass is 16.2. The van der Waals surface area contributed by atoms with Crippen LogP contribution in [0.25, 0.3) is 0 Å². The average Bonchev–Trinajstić information content (AvgIpc) is 3.07. The van der Waals surface area contributed by atoms with Gasteiger partial charge in [-0.2, -0.15) is 0 Å². The van der Waals surface area contributed by atoms with Crippen molar-refractivity contribution in [1.29, 1.82) is 0 Å². The first-order valence-electron chi connectivity index (χ1n) is 6.26. The molecule has 0 saturated carbocycles. The lowest BCUT2D eigenvalue weighted by molar-refractivity contribution is 0.251. The highest BCUT2D eigenvalue weighted by molar-refractivity contribution is 5.95. The molecule has 3 rings (SSSR count). The van der Waals surface area contributed by atoms with Crippen molar-refractivity contribution in [2.75, 3.05) is 23.8 Å². The van der Waals surface area contributed by atoms with Crippen LogP contribution in [-0.4, -0.2) is 24.6 Å². The predicted molar refractivity (Wildman–Crippen MR) is 75.4 cm³/mol. The lowest BCUT2D eigenvalue weighted by Crippen LogP contribution is -2.27. The number of hydrogen-bond donors (Lipinski definition) is 3. The Morgan fingerprint density at radius 3 is 3.00 bits per heavy atom. The fourth-order valence-corrected chi connectivity index (χ4v) is 2.33. The van der Waals surface area contributed by atoms with Crippen molar-refractivity contribution in [3.63, 3.8) is 0 Å². The Morgan fingerprint density at radius 2 is 2.26 bits per heavy atom. The van der Waals surface area contributed by atoms with Crippen LogP contribution >= 0.6 is 0 Å². The second-order valence-corrected chi connectivity index (χ2v) is 4.56. The number of hydrogen-bond acceptors (Lipinski definition) is 2. The predicted octanol–water partition coefficient (Wildman–Crippen LogP) is 2.33. The number of rotatable bonds is 3. The molecule has 2 aromatic rings. The molecule has 5 heteroatoms. The summed E-state index contributed by atoms with van der Waals surface area (Å²) >= 11 is 0. The number of carbonyl (C=O) groups is 1. The maximum absolute atomic E-state index is 12.1. The number of carbonyl (C=O) groups excluding carboxylic acids is 1. The number of nitrogens with one attached hydrogen (secondary N) is 3. The van der Waals surface area contributed by atoms with Crippen molar-refractivity contribution < 1.29 is 4.79 Å². The molecule has 1 aromatic carbocycles. The van der Waals surface area contributed by atoms with Crippen LogP contribution in [0.3, 0.4) is 0 Å². The summed E-state index contributed by atoms with van der Waals surface area (Å²) in [5.74, 6) is 0. The summed E-state index contributed by atoms with van der Waals surface area (Å²) in [6.45, 7) is 0.643. The van der Waals surface area contributed by atoms with E-state index in [1.54, 1.807) is 4.90 Å². The van der Waals surface area contributed by atoms with E-state index in [9.17, 15) is 4.79 Å². The van der Waals surface area contributed by atoms with Crippen LogP contribution in [0, 0.1) is 0 Å². The van der Waals surface area contributed by atoms with Crippen LogP contribution < -0.4 is 15.5 Å². The second kappa shape index (κ2) is 4.68. The van der Waals surface area contributed by atoms with E-state index in [-0.39, 0.29) is 12.1 Å². The summed E-state index contributed by atoms with van der Waals surface area (Å²) in [5, 5.41) is 6.07. The molecule has 5 nitrogen and oxygen atoms in total. The standard InChI is InChI=1S/C14H16N4O/c1-15-11-3-2-4-12(7-11)18-9-13(17-14(18)19)10-5-6-16-8-10/h2-8,13,15-16H,9H2,1H3,(H,17,19). The number of benzene rings is 1. The number of anilines is 2. The van der Waals surface area contributed by atoms with Crippen molar-refractivity contribution in [2.24, 2.45) is 0 Å². The molecule has 1 aliphatic heterocycles. The van der Waals surface area contributed by atoms with E-state index in [2.05, 4.69) is 15.6 Å². The van der Waals surface area contributed by atoms with Gasteiger partial charge in [0.25, 0.3) is 0 Å². The first-order valence-corrected chi connectivity index (χ1v) is 6.26. The van der Waals surface area contributed by atoms with Crippen molar-refractivity contribution in [1.82, 2.24) is 10.3 Å². The second-order valence-electron chi connectivity index (χ2n) is 4.56. The molecule has 1 atom stereocenters. The molecule has 0 radical (unpaired) electrons. The lowest BCUT2D eigenvalue weighted by Gasteiger charge is -2.15. The SMILES string of the molecule is CNc1cccc(N2CC(c3cc[nH]c3)NC2=O)c1. The van der Waals surface area contributed by atoms with E-state index in [4.69, 9.17) is 0 Å². The summed E-state index contributed by atoms with van der Waals surface area (Å²) in [4.78, 5) is 16.8. The molecule has 0 bridgehead atoms. The molecule has 1 unspecified atom stereocenters. The van der Waals surface area contributed by atoms with Crippen LogP contribution in [-0.2, 0) is 0 Å². The number of urea groups is 1. The lowest BCUT2D eigenvalue weighted by atomic mass is 10.1. The Hall–Kier alpha value is -2.43. The third kappa shape index (κ3) is 2.14. The van der Waals surface area contributed by atoms with Gasteiger partial charge in [0.05, 0.1) is 12.6 Å². The largest absolute Gasteiger partial charge is 0.388 e. The quantitative estimate of drug-likeness (QED) is 0.789. The van der Waals surface area contributed by atoms with Gasteiger partial charge < -0.3 is 15.6 Å².